The molecule has 2 N–H and O–H groups in total. The van der Waals surface area contributed by atoms with Crippen LogP contribution in [0.2, 0.25) is 0 Å². The van der Waals surface area contributed by atoms with E-state index in [4.69, 9.17) is 0 Å². The van der Waals surface area contributed by atoms with Gasteiger partial charge in [-0.25, -0.2) is 4.79 Å². The molecule has 0 aliphatic carbocycles. The Bertz CT molecular complexity index is 397. The lowest BCUT2D eigenvalue weighted by Gasteiger charge is -2.31. The molecule has 0 spiro atoms. The van der Waals surface area contributed by atoms with Gasteiger partial charge in [0.05, 0.1) is 6.54 Å². The number of carbonyl (C=O) groups is 1. The van der Waals surface area contributed by atoms with E-state index in [2.05, 4.69) is 22.1 Å². The fourth-order valence-electron chi connectivity index (χ4n) is 2.26. The van der Waals surface area contributed by atoms with E-state index in [0.717, 1.165) is 32.5 Å². The molecule has 1 fully saturated rings. The molecule has 5 heteroatoms. The highest BCUT2D eigenvalue weighted by atomic mass is 32.1. The molecule has 0 radical (unpaired) electrons. The molecule has 0 atom stereocenters. The number of hydrogen-bond donors (Lipinski definition) is 2. The van der Waals surface area contributed by atoms with Gasteiger partial charge in [0.15, 0.2) is 0 Å². The Morgan fingerprint density at radius 3 is 2.95 bits per heavy atom. The van der Waals surface area contributed by atoms with Crippen LogP contribution in [0, 0.1) is 0 Å². The van der Waals surface area contributed by atoms with Crippen LogP contribution in [0.4, 0.5) is 4.79 Å². The predicted molar refractivity (Wildman–Crippen MR) is 79.3 cm³/mol. The van der Waals surface area contributed by atoms with Crippen LogP contribution in [-0.2, 0) is 6.54 Å². The minimum absolute atomic E-state index is 0.0597. The van der Waals surface area contributed by atoms with Crippen molar-refractivity contribution in [3.05, 3.63) is 35.0 Å². The molecule has 1 aromatic rings. The van der Waals surface area contributed by atoms with E-state index in [1.165, 1.54) is 4.88 Å². The zero-order valence-corrected chi connectivity index (χ0v) is 11.9. The van der Waals surface area contributed by atoms with Crippen LogP contribution >= 0.6 is 11.3 Å². The van der Waals surface area contributed by atoms with Gasteiger partial charge in [-0.1, -0.05) is 12.1 Å². The van der Waals surface area contributed by atoms with Crippen molar-refractivity contribution in [2.75, 3.05) is 19.6 Å². The molecule has 1 aromatic heterocycles. The van der Waals surface area contributed by atoms with Crippen LogP contribution in [0.15, 0.2) is 30.2 Å². The second-order valence-corrected chi connectivity index (χ2v) is 5.80. The topological polar surface area (TPSA) is 44.4 Å². The number of piperidine rings is 1. The largest absolute Gasteiger partial charge is 0.335 e. The molecule has 1 saturated heterocycles. The van der Waals surface area contributed by atoms with Crippen LogP contribution in [0.5, 0.6) is 0 Å². The number of nitrogens with one attached hydrogen (secondary N) is 2. The smallest absolute Gasteiger partial charge is 0.315 e. The molecule has 2 heterocycles. The third kappa shape index (κ3) is 4.69. The quantitative estimate of drug-likeness (QED) is 0.812. The molecule has 2 amide bonds. The first-order chi connectivity index (χ1) is 9.28. The number of urea groups is 1. The summed E-state index contributed by atoms with van der Waals surface area (Å²) in [4.78, 5) is 15.3. The molecular weight excluding hydrogens is 258 g/mol. The molecule has 0 bridgehead atoms. The summed E-state index contributed by atoms with van der Waals surface area (Å²) in [6, 6.07) is 4.26. The van der Waals surface area contributed by atoms with Gasteiger partial charge in [-0.3, -0.25) is 4.90 Å². The second-order valence-electron chi connectivity index (χ2n) is 4.77. The van der Waals surface area contributed by atoms with Gasteiger partial charge in [-0.15, -0.1) is 17.9 Å². The average molecular weight is 279 g/mol. The molecular formula is C14H21N3OS. The first-order valence-electron chi connectivity index (χ1n) is 6.68. The van der Waals surface area contributed by atoms with Crippen molar-refractivity contribution in [1.82, 2.24) is 15.5 Å². The number of carbonyl (C=O) groups excluding carboxylic acids is 1. The molecule has 0 aromatic carbocycles. The summed E-state index contributed by atoms with van der Waals surface area (Å²) in [5.41, 5.74) is 0. The lowest BCUT2D eigenvalue weighted by atomic mass is 10.1. The van der Waals surface area contributed by atoms with Crippen molar-refractivity contribution < 1.29 is 4.79 Å². The zero-order valence-electron chi connectivity index (χ0n) is 11.1. The van der Waals surface area contributed by atoms with E-state index < -0.39 is 0 Å². The van der Waals surface area contributed by atoms with Crippen LogP contribution < -0.4 is 10.6 Å². The highest BCUT2D eigenvalue weighted by molar-refractivity contribution is 7.09. The summed E-state index contributed by atoms with van der Waals surface area (Å²) in [6.07, 6.45) is 3.96. The van der Waals surface area contributed by atoms with Crippen molar-refractivity contribution in [1.29, 1.82) is 0 Å². The fraction of sp³-hybridized carbons (Fsp3) is 0.500. The Kier molecular flexibility index (Phi) is 5.42. The van der Waals surface area contributed by atoms with Crippen molar-refractivity contribution in [3.8, 4) is 0 Å². The molecule has 1 aliphatic heterocycles. The predicted octanol–water partition coefficient (Wildman–Crippen LogP) is 2.20. The van der Waals surface area contributed by atoms with Gasteiger partial charge in [0.1, 0.15) is 0 Å². The van der Waals surface area contributed by atoms with E-state index in [1.54, 1.807) is 11.3 Å². The molecule has 1 aliphatic rings. The monoisotopic (exact) mass is 279 g/mol. The van der Waals surface area contributed by atoms with E-state index in [-0.39, 0.29) is 6.03 Å². The first-order valence-corrected chi connectivity index (χ1v) is 7.56. The van der Waals surface area contributed by atoms with Crippen molar-refractivity contribution in [2.24, 2.45) is 0 Å². The Morgan fingerprint density at radius 2 is 2.32 bits per heavy atom. The Balaban J connectivity index is 1.64. The zero-order chi connectivity index (χ0) is 13.5. The molecule has 0 saturated carbocycles. The maximum atomic E-state index is 11.8. The standard InChI is InChI=1S/C14H21N3OS/c1-2-7-17-8-5-12(6-9-17)16-14(18)15-11-13-4-3-10-19-13/h2-4,10,12H,1,5-9,11H2,(H2,15,16,18). The molecule has 4 nitrogen and oxygen atoms in total. The van der Waals surface area contributed by atoms with Crippen LogP contribution in [0.1, 0.15) is 17.7 Å². The minimum atomic E-state index is -0.0597. The highest BCUT2D eigenvalue weighted by Gasteiger charge is 2.19. The molecule has 0 unspecified atom stereocenters. The SMILES string of the molecule is C=CCN1CCC(NC(=O)NCc2cccs2)CC1. The normalized spacial score (nSPS) is 17.1. The molecule has 19 heavy (non-hydrogen) atoms. The van der Waals surface area contributed by atoms with Crippen LogP contribution in [0.3, 0.4) is 0 Å². The number of hydrogen-bond acceptors (Lipinski definition) is 3. The summed E-state index contributed by atoms with van der Waals surface area (Å²) in [7, 11) is 0. The average Bonchev–Trinajstić information content (AvgIpc) is 2.92. The Hall–Kier alpha value is -1.33. The summed E-state index contributed by atoms with van der Waals surface area (Å²) in [5.74, 6) is 0. The third-order valence-electron chi connectivity index (χ3n) is 3.31. The molecule has 104 valence electrons. The van der Waals surface area contributed by atoms with Gasteiger partial charge in [-0.05, 0) is 24.3 Å². The van der Waals surface area contributed by atoms with Gasteiger partial charge in [-0.2, -0.15) is 0 Å². The van der Waals surface area contributed by atoms with Gasteiger partial charge >= 0.3 is 6.03 Å². The summed E-state index contributed by atoms with van der Waals surface area (Å²) >= 11 is 1.66. The summed E-state index contributed by atoms with van der Waals surface area (Å²) in [5, 5.41) is 7.96. The van der Waals surface area contributed by atoms with E-state index in [9.17, 15) is 4.79 Å². The van der Waals surface area contributed by atoms with Crippen LogP contribution in [-0.4, -0.2) is 36.6 Å². The van der Waals surface area contributed by atoms with Gasteiger partial charge in [0.25, 0.3) is 0 Å². The summed E-state index contributed by atoms with van der Waals surface area (Å²) in [6.45, 7) is 7.36. The van der Waals surface area contributed by atoms with E-state index in [1.807, 2.05) is 23.6 Å². The number of amides is 2. The van der Waals surface area contributed by atoms with Gasteiger partial charge < -0.3 is 10.6 Å². The maximum absolute atomic E-state index is 11.8. The van der Waals surface area contributed by atoms with Crippen molar-refractivity contribution in [3.63, 3.8) is 0 Å². The number of thiophene rings is 1. The first kappa shape index (κ1) is 14.1. The van der Waals surface area contributed by atoms with Crippen molar-refractivity contribution >= 4 is 17.4 Å². The van der Waals surface area contributed by atoms with E-state index >= 15 is 0 Å². The highest BCUT2D eigenvalue weighted by Crippen LogP contribution is 2.10. The lowest BCUT2D eigenvalue weighted by molar-refractivity contribution is 0.204. The Labute approximate surface area is 118 Å². The minimum Gasteiger partial charge on any atom is -0.335 e. The van der Waals surface area contributed by atoms with Gasteiger partial charge in [0, 0.05) is 30.6 Å². The Morgan fingerprint density at radius 1 is 1.53 bits per heavy atom. The second kappa shape index (κ2) is 7.31. The summed E-state index contributed by atoms with van der Waals surface area (Å²) < 4.78 is 0. The van der Waals surface area contributed by atoms with E-state index in [0.29, 0.717) is 12.6 Å². The third-order valence-corrected chi connectivity index (χ3v) is 4.19. The van der Waals surface area contributed by atoms with Crippen molar-refractivity contribution in [2.45, 2.75) is 25.4 Å². The van der Waals surface area contributed by atoms with Gasteiger partial charge in [0.2, 0.25) is 0 Å². The number of likely N-dealkylation sites (tertiary alicyclic amines) is 1. The fourth-order valence-corrected chi connectivity index (χ4v) is 2.90. The van der Waals surface area contributed by atoms with Crippen LogP contribution in [0.25, 0.3) is 0 Å². The number of rotatable bonds is 5. The number of nitrogens with zero attached hydrogens (tertiary/aromatic N) is 1. The lowest BCUT2D eigenvalue weighted by Crippen LogP contribution is -2.47. The molecule has 2 rings (SSSR count). The maximum Gasteiger partial charge on any atom is 0.315 e.